The Morgan fingerprint density at radius 2 is 1.96 bits per heavy atom. The van der Waals surface area contributed by atoms with Gasteiger partial charge in [-0.1, -0.05) is 34.1 Å². The summed E-state index contributed by atoms with van der Waals surface area (Å²) < 4.78 is 0.966. The van der Waals surface area contributed by atoms with E-state index in [9.17, 15) is 9.59 Å². The van der Waals surface area contributed by atoms with Crippen molar-refractivity contribution >= 4 is 56.5 Å². The fourth-order valence-electron chi connectivity index (χ4n) is 2.02. The number of nitrogens with one attached hydrogen (secondary N) is 1. The Balaban J connectivity index is 1.82. The molecule has 0 aliphatic carbocycles. The average molecular weight is 403 g/mol. The highest BCUT2D eigenvalue weighted by Crippen LogP contribution is 2.28. The molecule has 0 bridgehead atoms. The van der Waals surface area contributed by atoms with E-state index >= 15 is 0 Å². The summed E-state index contributed by atoms with van der Waals surface area (Å²) in [6.45, 7) is 0. The Labute approximate surface area is 150 Å². The Hall–Kier alpha value is -2.38. The maximum absolute atomic E-state index is 12.0. The second kappa shape index (κ2) is 7.02. The third-order valence-corrected chi connectivity index (χ3v) is 4.58. The number of carboxylic acids is 1. The van der Waals surface area contributed by atoms with Crippen molar-refractivity contribution in [1.82, 2.24) is 5.32 Å². The average Bonchev–Trinajstić information content (AvgIpc) is 2.89. The Kier molecular flexibility index (Phi) is 4.82. The van der Waals surface area contributed by atoms with Crippen LogP contribution in [0.4, 0.5) is 5.69 Å². The first-order valence-corrected chi connectivity index (χ1v) is 8.51. The van der Waals surface area contributed by atoms with Crippen molar-refractivity contribution in [2.45, 2.75) is 0 Å². The van der Waals surface area contributed by atoms with Crippen LogP contribution in [0, 0.1) is 0 Å². The zero-order chi connectivity index (χ0) is 17.1. The molecule has 0 atom stereocenters. The molecular formula is C17H11BrN2O3S. The van der Waals surface area contributed by atoms with E-state index in [0.717, 1.165) is 10.0 Å². The molecule has 1 amide bonds. The van der Waals surface area contributed by atoms with E-state index in [4.69, 9.17) is 5.11 Å². The molecule has 1 heterocycles. The zero-order valence-electron chi connectivity index (χ0n) is 12.2. The Morgan fingerprint density at radius 1 is 1.21 bits per heavy atom. The number of hydrogen-bond donors (Lipinski definition) is 2. The lowest BCUT2D eigenvalue weighted by molar-refractivity contribution is -0.115. The molecule has 3 rings (SSSR count). The molecule has 0 radical (unpaired) electrons. The van der Waals surface area contributed by atoms with Gasteiger partial charge < -0.3 is 10.4 Å². The molecule has 1 saturated heterocycles. The minimum atomic E-state index is -1.02. The van der Waals surface area contributed by atoms with Crippen LogP contribution in [-0.2, 0) is 4.79 Å². The van der Waals surface area contributed by atoms with Gasteiger partial charge in [-0.3, -0.25) is 4.79 Å². The van der Waals surface area contributed by atoms with Gasteiger partial charge in [0.15, 0.2) is 5.17 Å². The predicted molar refractivity (Wildman–Crippen MR) is 98.3 cm³/mol. The molecule has 0 spiro atoms. The van der Waals surface area contributed by atoms with Crippen LogP contribution >= 0.6 is 27.7 Å². The van der Waals surface area contributed by atoms with Gasteiger partial charge in [-0.2, -0.15) is 0 Å². The van der Waals surface area contributed by atoms with E-state index in [1.165, 1.54) is 23.9 Å². The van der Waals surface area contributed by atoms with Crippen molar-refractivity contribution < 1.29 is 14.7 Å². The number of thioether (sulfide) groups is 1. The van der Waals surface area contributed by atoms with Gasteiger partial charge in [-0.25, -0.2) is 9.79 Å². The number of halogens is 1. The summed E-state index contributed by atoms with van der Waals surface area (Å²) in [5.41, 5.74) is 1.53. The highest BCUT2D eigenvalue weighted by molar-refractivity contribution is 9.10. The zero-order valence-corrected chi connectivity index (χ0v) is 14.6. The summed E-state index contributed by atoms with van der Waals surface area (Å²) in [5.74, 6) is -1.24. The fourth-order valence-corrected chi connectivity index (χ4v) is 3.12. The number of hydrogen-bond acceptors (Lipinski definition) is 4. The number of carboxylic acid groups (broad SMARTS) is 1. The van der Waals surface area contributed by atoms with Crippen molar-refractivity contribution in [2.75, 3.05) is 0 Å². The van der Waals surface area contributed by atoms with Crippen LogP contribution in [0.2, 0.25) is 0 Å². The number of rotatable bonds is 3. The van der Waals surface area contributed by atoms with Gasteiger partial charge >= 0.3 is 5.97 Å². The summed E-state index contributed by atoms with van der Waals surface area (Å²) in [6, 6.07) is 13.8. The van der Waals surface area contributed by atoms with Crippen molar-refractivity contribution in [1.29, 1.82) is 0 Å². The molecule has 0 aromatic heterocycles. The van der Waals surface area contributed by atoms with Gasteiger partial charge in [0.1, 0.15) is 0 Å². The number of amides is 1. The Morgan fingerprint density at radius 3 is 2.67 bits per heavy atom. The van der Waals surface area contributed by atoms with E-state index in [1.54, 1.807) is 18.2 Å². The summed E-state index contributed by atoms with van der Waals surface area (Å²) in [5, 5.41) is 12.1. The lowest BCUT2D eigenvalue weighted by Crippen LogP contribution is -2.19. The molecule has 2 N–H and O–H groups in total. The van der Waals surface area contributed by atoms with E-state index in [2.05, 4.69) is 26.2 Å². The number of amidine groups is 1. The molecule has 1 fully saturated rings. The summed E-state index contributed by atoms with van der Waals surface area (Å²) in [6.07, 6.45) is 1.78. The van der Waals surface area contributed by atoms with E-state index in [-0.39, 0.29) is 11.5 Å². The van der Waals surface area contributed by atoms with E-state index in [1.807, 2.05) is 24.3 Å². The van der Waals surface area contributed by atoms with Crippen molar-refractivity contribution in [3.8, 4) is 0 Å². The molecule has 0 saturated carbocycles. The smallest absolute Gasteiger partial charge is 0.335 e. The van der Waals surface area contributed by atoms with Crippen LogP contribution in [0.15, 0.2) is 62.9 Å². The maximum atomic E-state index is 12.0. The third-order valence-electron chi connectivity index (χ3n) is 3.14. The van der Waals surface area contributed by atoms with Gasteiger partial charge in [0.2, 0.25) is 0 Å². The summed E-state index contributed by atoms with van der Waals surface area (Å²) >= 11 is 4.58. The molecule has 1 aliphatic rings. The molecule has 7 heteroatoms. The molecule has 24 heavy (non-hydrogen) atoms. The predicted octanol–water partition coefficient (Wildman–Crippen LogP) is 4.04. The lowest BCUT2D eigenvalue weighted by atomic mass is 10.2. The summed E-state index contributed by atoms with van der Waals surface area (Å²) in [4.78, 5) is 27.8. The maximum Gasteiger partial charge on any atom is 0.335 e. The lowest BCUT2D eigenvalue weighted by Gasteiger charge is -1.98. The van der Waals surface area contributed by atoms with Gasteiger partial charge in [-0.15, -0.1) is 0 Å². The van der Waals surface area contributed by atoms with E-state index in [0.29, 0.717) is 15.8 Å². The third kappa shape index (κ3) is 3.93. The molecule has 0 unspecified atom stereocenters. The SMILES string of the molecule is O=C1NC(=Nc2cccc(C(=O)O)c2)S/C1=C\c1ccc(Br)cc1. The van der Waals surface area contributed by atoms with Crippen LogP contribution in [0.5, 0.6) is 0 Å². The first kappa shape index (κ1) is 16.5. The summed E-state index contributed by atoms with van der Waals surface area (Å²) in [7, 11) is 0. The quantitative estimate of drug-likeness (QED) is 0.759. The van der Waals surface area contributed by atoms with Gasteiger partial charge in [0, 0.05) is 4.47 Å². The van der Waals surface area contributed by atoms with Crippen LogP contribution in [0.3, 0.4) is 0 Å². The monoisotopic (exact) mass is 402 g/mol. The normalized spacial score (nSPS) is 17.3. The second-order valence-electron chi connectivity index (χ2n) is 4.89. The molecular weight excluding hydrogens is 392 g/mol. The number of nitrogens with zero attached hydrogens (tertiary/aromatic N) is 1. The molecule has 1 aliphatic heterocycles. The molecule has 2 aromatic carbocycles. The topological polar surface area (TPSA) is 78.8 Å². The number of aliphatic imine (C=N–C) groups is 1. The fraction of sp³-hybridized carbons (Fsp3) is 0. The Bertz CT molecular complexity index is 876. The van der Waals surface area contributed by atoms with Crippen LogP contribution < -0.4 is 5.32 Å². The number of carbonyl (C=O) groups is 2. The highest BCUT2D eigenvalue weighted by atomic mass is 79.9. The number of carbonyl (C=O) groups excluding carboxylic acids is 1. The van der Waals surface area contributed by atoms with Gasteiger partial charge in [0.05, 0.1) is 16.2 Å². The van der Waals surface area contributed by atoms with Gasteiger partial charge in [-0.05, 0) is 53.7 Å². The van der Waals surface area contributed by atoms with E-state index < -0.39 is 5.97 Å². The van der Waals surface area contributed by atoms with Crippen LogP contribution in [0.1, 0.15) is 15.9 Å². The van der Waals surface area contributed by atoms with Crippen molar-refractivity contribution in [3.05, 3.63) is 69.0 Å². The molecule has 5 nitrogen and oxygen atoms in total. The standard InChI is InChI=1S/C17H11BrN2O3S/c18-12-6-4-10(5-7-12)8-14-15(21)20-17(24-14)19-13-3-1-2-11(9-13)16(22)23/h1-9H,(H,22,23)(H,19,20,21)/b14-8-. The minimum Gasteiger partial charge on any atom is -0.478 e. The van der Waals surface area contributed by atoms with Crippen molar-refractivity contribution in [3.63, 3.8) is 0 Å². The first-order chi connectivity index (χ1) is 11.5. The highest BCUT2D eigenvalue weighted by Gasteiger charge is 2.23. The second-order valence-corrected chi connectivity index (χ2v) is 6.84. The van der Waals surface area contributed by atoms with Crippen molar-refractivity contribution in [2.24, 2.45) is 4.99 Å². The first-order valence-electron chi connectivity index (χ1n) is 6.90. The van der Waals surface area contributed by atoms with Crippen LogP contribution in [0.25, 0.3) is 6.08 Å². The van der Waals surface area contributed by atoms with Crippen LogP contribution in [-0.4, -0.2) is 22.2 Å². The largest absolute Gasteiger partial charge is 0.478 e. The molecule has 2 aromatic rings. The molecule has 120 valence electrons. The minimum absolute atomic E-state index is 0.150. The number of aromatic carboxylic acids is 1. The number of benzene rings is 2. The van der Waals surface area contributed by atoms with Gasteiger partial charge in [0.25, 0.3) is 5.91 Å².